The van der Waals surface area contributed by atoms with Crippen molar-refractivity contribution in [3.8, 4) is 5.75 Å². The van der Waals surface area contributed by atoms with Crippen molar-refractivity contribution in [2.75, 3.05) is 14.2 Å². The highest BCUT2D eigenvalue weighted by molar-refractivity contribution is 5.27. The molecule has 0 radical (unpaired) electrons. The molecule has 0 aliphatic carbocycles. The van der Waals surface area contributed by atoms with E-state index in [0.717, 1.165) is 12.3 Å². The predicted octanol–water partition coefficient (Wildman–Crippen LogP) is 3.22. The molecule has 2 N–H and O–H groups in total. The van der Waals surface area contributed by atoms with Crippen LogP contribution in [0, 0.1) is 0 Å². The molecule has 0 heterocycles. The summed E-state index contributed by atoms with van der Waals surface area (Å²) in [5.74, 6) is 0.883. The smallest absolute Gasteiger partial charge is 0.118 e. The molecule has 0 aliphatic rings. The van der Waals surface area contributed by atoms with E-state index in [4.69, 9.17) is 10.5 Å². The number of benzene rings is 2. The van der Waals surface area contributed by atoms with Gasteiger partial charge in [-0.3, -0.25) is 4.90 Å². The lowest BCUT2D eigenvalue weighted by atomic mass is 9.99. The molecular weight excluding hydrogens is 260 g/mol. The van der Waals surface area contributed by atoms with E-state index in [-0.39, 0.29) is 12.1 Å². The lowest BCUT2D eigenvalue weighted by Gasteiger charge is -2.31. The van der Waals surface area contributed by atoms with Crippen LogP contribution in [-0.2, 0) is 6.54 Å². The van der Waals surface area contributed by atoms with E-state index in [9.17, 15) is 0 Å². The van der Waals surface area contributed by atoms with Gasteiger partial charge in [-0.1, -0.05) is 42.5 Å². The highest BCUT2D eigenvalue weighted by Crippen LogP contribution is 2.24. The maximum Gasteiger partial charge on any atom is 0.118 e. The molecule has 2 rings (SSSR count). The Kier molecular flexibility index (Phi) is 5.37. The molecule has 0 aliphatic heterocycles. The van der Waals surface area contributed by atoms with Crippen molar-refractivity contribution in [3.05, 3.63) is 65.7 Å². The molecule has 0 amide bonds. The zero-order valence-electron chi connectivity index (χ0n) is 13.0. The number of nitrogens with two attached hydrogens (primary N) is 1. The number of nitrogens with zero attached hydrogens (tertiary/aromatic N) is 1. The third-order valence-electron chi connectivity index (χ3n) is 3.71. The summed E-state index contributed by atoms with van der Waals surface area (Å²) in [6, 6.07) is 18.9. The number of hydrogen-bond acceptors (Lipinski definition) is 3. The van der Waals surface area contributed by atoms with Crippen molar-refractivity contribution in [1.82, 2.24) is 4.90 Å². The highest BCUT2D eigenvalue weighted by atomic mass is 16.5. The molecule has 0 saturated carbocycles. The summed E-state index contributed by atoms with van der Waals surface area (Å²) in [6.45, 7) is 2.91. The van der Waals surface area contributed by atoms with Gasteiger partial charge in [-0.25, -0.2) is 0 Å². The topological polar surface area (TPSA) is 38.5 Å². The summed E-state index contributed by atoms with van der Waals surface area (Å²) in [6.07, 6.45) is 0. The average Bonchev–Trinajstić information content (AvgIpc) is 2.49. The molecule has 0 bridgehead atoms. The third-order valence-corrected chi connectivity index (χ3v) is 3.71. The first-order valence-electron chi connectivity index (χ1n) is 7.25. The Bertz CT molecular complexity index is 537. The van der Waals surface area contributed by atoms with Crippen LogP contribution in [0.3, 0.4) is 0 Å². The van der Waals surface area contributed by atoms with Gasteiger partial charge in [0.15, 0.2) is 0 Å². The van der Waals surface area contributed by atoms with Gasteiger partial charge in [0.05, 0.1) is 7.11 Å². The number of ether oxygens (including phenoxy) is 1. The lowest BCUT2D eigenvalue weighted by molar-refractivity contribution is 0.211. The molecule has 0 spiro atoms. The normalized spacial score (nSPS) is 14.0. The van der Waals surface area contributed by atoms with Gasteiger partial charge in [-0.15, -0.1) is 0 Å². The second-order valence-corrected chi connectivity index (χ2v) is 5.48. The first-order valence-corrected chi connectivity index (χ1v) is 7.25. The fourth-order valence-corrected chi connectivity index (χ4v) is 2.73. The molecule has 2 aromatic carbocycles. The van der Waals surface area contributed by atoms with Crippen LogP contribution >= 0.6 is 0 Å². The Hall–Kier alpha value is -1.84. The molecule has 3 heteroatoms. The summed E-state index contributed by atoms with van der Waals surface area (Å²) >= 11 is 0. The summed E-state index contributed by atoms with van der Waals surface area (Å²) in [5.41, 5.74) is 8.71. The van der Waals surface area contributed by atoms with E-state index in [1.807, 2.05) is 18.2 Å². The fraction of sp³-hybridized carbons (Fsp3) is 0.333. The molecule has 0 aromatic heterocycles. The van der Waals surface area contributed by atoms with E-state index >= 15 is 0 Å². The Balaban J connectivity index is 2.13. The predicted molar refractivity (Wildman–Crippen MR) is 87.3 cm³/mol. The minimum Gasteiger partial charge on any atom is -0.497 e. The van der Waals surface area contributed by atoms with Crippen LogP contribution in [0.4, 0.5) is 0 Å². The van der Waals surface area contributed by atoms with Gasteiger partial charge in [0.2, 0.25) is 0 Å². The van der Waals surface area contributed by atoms with Crippen molar-refractivity contribution < 1.29 is 4.74 Å². The van der Waals surface area contributed by atoms with Gasteiger partial charge < -0.3 is 10.5 Å². The lowest BCUT2D eigenvalue weighted by Crippen LogP contribution is -2.36. The van der Waals surface area contributed by atoms with Crippen molar-refractivity contribution >= 4 is 0 Å². The van der Waals surface area contributed by atoms with Gasteiger partial charge in [0, 0.05) is 18.6 Å². The second-order valence-electron chi connectivity index (χ2n) is 5.48. The summed E-state index contributed by atoms with van der Waals surface area (Å²) < 4.78 is 5.20. The Labute approximate surface area is 127 Å². The molecule has 21 heavy (non-hydrogen) atoms. The van der Waals surface area contributed by atoms with Crippen LogP contribution in [0.2, 0.25) is 0 Å². The van der Waals surface area contributed by atoms with Crippen LogP contribution in [0.15, 0.2) is 54.6 Å². The Morgan fingerprint density at radius 2 is 1.67 bits per heavy atom. The maximum absolute atomic E-state index is 6.21. The van der Waals surface area contributed by atoms with E-state index in [2.05, 4.69) is 55.3 Å². The van der Waals surface area contributed by atoms with Gasteiger partial charge in [0.25, 0.3) is 0 Å². The molecular formula is C18H24N2O. The molecule has 0 fully saturated rings. The SMILES string of the molecule is COc1ccc(CN(C)C(c2ccccc2)C(C)N)cc1. The third kappa shape index (κ3) is 4.06. The van der Waals surface area contributed by atoms with Gasteiger partial charge >= 0.3 is 0 Å². The summed E-state index contributed by atoms with van der Waals surface area (Å²) in [7, 11) is 3.80. The molecule has 2 aromatic rings. The average molecular weight is 284 g/mol. The summed E-state index contributed by atoms with van der Waals surface area (Å²) in [4.78, 5) is 2.29. The van der Waals surface area contributed by atoms with Gasteiger partial charge in [-0.2, -0.15) is 0 Å². The summed E-state index contributed by atoms with van der Waals surface area (Å²) in [5, 5.41) is 0. The maximum atomic E-state index is 6.21. The van der Waals surface area contributed by atoms with Crippen molar-refractivity contribution in [1.29, 1.82) is 0 Å². The zero-order chi connectivity index (χ0) is 15.2. The number of methoxy groups -OCH3 is 1. The number of rotatable bonds is 6. The minimum absolute atomic E-state index is 0.0654. The second kappa shape index (κ2) is 7.25. The van der Waals surface area contributed by atoms with Crippen molar-refractivity contribution in [2.45, 2.75) is 25.6 Å². The largest absolute Gasteiger partial charge is 0.497 e. The van der Waals surface area contributed by atoms with E-state index < -0.39 is 0 Å². The number of hydrogen-bond donors (Lipinski definition) is 1. The van der Waals surface area contributed by atoms with Gasteiger partial charge in [0.1, 0.15) is 5.75 Å². The first kappa shape index (κ1) is 15.5. The fourth-order valence-electron chi connectivity index (χ4n) is 2.73. The quantitative estimate of drug-likeness (QED) is 0.885. The molecule has 2 unspecified atom stereocenters. The Morgan fingerprint density at radius 1 is 1.05 bits per heavy atom. The van der Waals surface area contributed by atoms with E-state index in [1.54, 1.807) is 7.11 Å². The van der Waals surface area contributed by atoms with Crippen LogP contribution in [0.25, 0.3) is 0 Å². The zero-order valence-corrected chi connectivity index (χ0v) is 13.0. The van der Waals surface area contributed by atoms with Crippen LogP contribution in [-0.4, -0.2) is 25.1 Å². The van der Waals surface area contributed by atoms with Crippen molar-refractivity contribution in [3.63, 3.8) is 0 Å². The van der Waals surface area contributed by atoms with Gasteiger partial charge in [-0.05, 0) is 37.2 Å². The van der Waals surface area contributed by atoms with Crippen LogP contribution in [0.5, 0.6) is 5.75 Å². The standard InChI is InChI=1S/C18H24N2O/c1-14(19)18(16-7-5-4-6-8-16)20(2)13-15-9-11-17(21-3)12-10-15/h4-12,14,18H,13,19H2,1-3H3. The van der Waals surface area contributed by atoms with E-state index in [0.29, 0.717) is 0 Å². The van der Waals surface area contributed by atoms with Crippen LogP contribution in [0.1, 0.15) is 24.1 Å². The monoisotopic (exact) mass is 284 g/mol. The molecule has 0 saturated heterocycles. The highest BCUT2D eigenvalue weighted by Gasteiger charge is 2.20. The van der Waals surface area contributed by atoms with Crippen molar-refractivity contribution in [2.24, 2.45) is 5.73 Å². The van der Waals surface area contributed by atoms with Crippen LogP contribution < -0.4 is 10.5 Å². The molecule has 112 valence electrons. The first-order chi connectivity index (χ1) is 10.1. The van der Waals surface area contributed by atoms with E-state index in [1.165, 1.54) is 11.1 Å². The minimum atomic E-state index is 0.0654. The number of likely N-dealkylation sites (N-methyl/N-ethyl adjacent to an activating group) is 1. The Morgan fingerprint density at radius 3 is 2.19 bits per heavy atom. The molecule has 3 nitrogen and oxygen atoms in total. The molecule has 2 atom stereocenters.